The molecule has 0 radical (unpaired) electrons. The third-order valence-electron chi connectivity index (χ3n) is 2.20. The van der Waals surface area contributed by atoms with Crippen molar-refractivity contribution in [3.05, 3.63) is 54.6 Å². The Morgan fingerprint density at radius 1 is 1.33 bits per heavy atom. The van der Waals surface area contributed by atoms with Crippen LogP contribution in [0, 0.1) is 5.92 Å². The smallest absolute Gasteiger partial charge is 0.327 e. The van der Waals surface area contributed by atoms with E-state index in [0.29, 0.717) is 0 Å². The minimum absolute atomic E-state index is 0.806. The summed E-state index contributed by atoms with van der Waals surface area (Å²) in [6.45, 7) is 7.48. The van der Waals surface area contributed by atoms with E-state index in [1.165, 1.54) is 18.4 Å². The van der Waals surface area contributed by atoms with Gasteiger partial charge in [-0.2, -0.15) is 0 Å². The Morgan fingerprint density at radius 2 is 1.89 bits per heavy atom. The van der Waals surface area contributed by atoms with Crippen molar-refractivity contribution < 1.29 is 9.90 Å². The predicted molar refractivity (Wildman–Crippen MR) is 77.4 cm³/mol. The molecule has 1 aromatic rings. The Balaban J connectivity index is 0.000000494. The first kappa shape index (κ1) is 16.2. The summed E-state index contributed by atoms with van der Waals surface area (Å²) in [5, 5.41) is 7.60. The van der Waals surface area contributed by atoms with Crippen LogP contribution in [0.5, 0.6) is 0 Å². The first-order valence-electron chi connectivity index (χ1n) is 6.13. The van der Waals surface area contributed by atoms with Crippen LogP contribution >= 0.6 is 0 Å². The number of rotatable bonds is 5. The molecular formula is C16H22O2. The van der Waals surface area contributed by atoms with Gasteiger partial charge < -0.3 is 5.11 Å². The fourth-order valence-electron chi connectivity index (χ4n) is 1.21. The molecular weight excluding hydrogens is 224 g/mol. The molecule has 0 fully saturated rings. The lowest BCUT2D eigenvalue weighted by atomic mass is 10.1. The Hall–Kier alpha value is -1.83. The Labute approximate surface area is 110 Å². The van der Waals surface area contributed by atoms with Crippen molar-refractivity contribution in [3.63, 3.8) is 0 Å². The Kier molecular flexibility index (Phi) is 9.28. The van der Waals surface area contributed by atoms with E-state index in [1.54, 1.807) is 0 Å². The maximum absolute atomic E-state index is 9.25. The van der Waals surface area contributed by atoms with Crippen LogP contribution < -0.4 is 0 Å². The zero-order valence-electron chi connectivity index (χ0n) is 11.2. The molecule has 0 aliphatic carbocycles. The number of carbonyl (C=O) groups is 1. The fraction of sp³-hybridized carbons (Fsp3) is 0.312. The third kappa shape index (κ3) is 10.7. The highest BCUT2D eigenvalue weighted by molar-refractivity contribution is 5.78. The lowest BCUT2D eigenvalue weighted by molar-refractivity contribution is -0.131. The molecule has 0 heterocycles. The second kappa shape index (κ2) is 10.3. The highest BCUT2D eigenvalue weighted by Crippen LogP contribution is 2.07. The van der Waals surface area contributed by atoms with Crippen LogP contribution in [-0.4, -0.2) is 11.1 Å². The van der Waals surface area contributed by atoms with E-state index in [1.807, 2.05) is 6.07 Å². The van der Waals surface area contributed by atoms with E-state index in [0.717, 1.165) is 12.0 Å². The van der Waals surface area contributed by atoms with Crippen LogP contribution in [-0.2, 0) is 4.79 Å². The van der Waals surface area contributed by atoms with Gasteiger partial charge in [0.25, 0.3) is 0 Å². The normalized spacial score (nSPS) is 9.94. The van der Waals surface area contributed by atoms with Gasteiger partial charge >= 0.3 is 5.97 Å². The number of hydrogen-bond acceptors (Lipinski definition) is 1. The van der Waals surface area contributed by atoms with E-state index < -0.39 is 5.97 Å². The standard InChI is InChI=1S/C13H18.C3H4O2/c1-12(2)8-6-7-11-13-9-4-3-5-10-13;1-2-3(4)5/h3-5,7,9-12H,6,8H2,1-2H3;2H,1H2,(H,4,5). The van der Waals surface area contributed by atoms with Gasteiger partial charge in [0, 0.05) is 6.08 Å². The number of benzene rings is 1. The average molecular weight is 246 g/mol. The van der Waals surface area contributed by atoms with Gasteiger partial charge in [-0.1, -0.05) is 62.9 Å². The summed E-state index contributed by atoms with van der Waals surface area (Å²) in [4.78, 5) is 9.25. The van der Waals surface area contributed by atoms with Crippen molar-refractivity contribution in [1.82, 2.24) is 0 Å². The molecule has 0 aliphatic heterocycles. The van der Waals surface area contributed by atoms with Crippen molar-refractivity contribution in [3.8, 4) is 0 Å². The number of aliphatic carboxylic acids is 1. The van der Waals surface area contributed by atoms with Crippen molar-refractivity contribution in [2.75, 3.05) is 0 Å². The molecule has 0 aromatic heterocycles. The Morgan fingerprint density at radius 3 is 2.33 bits per heavy atom. The molecule has 0 unspecified atom stereocenters. The van der Waals surface area contributed by atoms with Crippen LogP contribution in [0.2, 0.25) is 0 Å². The van der Waals surface area contributed by atoms with E-state index in [2.05, 4.69) is 56.8 Å². The van der Waals surface area contributed by atoms with Crippen LogP contribution in [0.4, 0.5) is 0 Å². The minimum atomic E-state index is -0.981. The molecule has 0 aliphatic rings. The van der Waals surface area contributed by atoms with Gasteiger partial charge in [0.2, 0.25) is 0 Å². The topological polar surface area (TPSA) is 37.3 Å². The molecule has 18 heavy (non-hydrogen) atoms. The van der Waals surface area contributed by atoms with Crippen LogP contribution in [0.25, 0.3) is 6.08 Å². The molecule has 98 valence electrons. The summed E-state index contributed by atoms with van der Waals surface area (Å²) in [6.07, 6.45) is 7.76. The molecule has 2 nitrogen and oxygen atoms in total. The summed E-state index contributed by atoms with van der Waals surface area (Å²) in [7, 11) is 0. The number of allylic oxidation sites excluding steroid dienone is 1. The summed E-state index contributed by atoms with van der Waals surface area (Å²) in [6, 6.07) is 10.5. The van der Waals surface area contributed by atoms with Crippen LogP contribution in [0.1, 0.15) is 32.3 Å². The number of carboxylic acids is 1. The van der Waals surface area contributed by atoms with Crippen molar-refractivity contribution >= 4 is 12.0 Å². The second-order valence-corrected chi connectivity index (χ2v) is 4.33. The SMILES string of the molecule is C=CC(=O)O.CC(C)CCC=Cc1ccccc1. The van der Waals surface area contributed by atoms with Crippen LogP contribution in [0.15, 0.2) is 49.1 Å². The zero-order valence-corrected chi connectivity index (χ0v) is 11.2. The van der Waals surface area contributed by atoms with Gasteiger partial charge in [-0.3, -0.25) is 0 Å². The number of carboxylic acid groups (broad SMARTS) is 1. The summed E-state index contributed by atoms with van der Waals surface area (Å²) < 4.78 is 0. The lowest BCUT2D eigenvalue weighted by Gasteiger charge is -1.98. The molecule has 0 saturated carbocycles. The van der Waals surface area contributed by atoms with Gasteiger partial charge in [-0.05, 0) is 24.3 Å². The van der Waals surface area contributed by atoms with E-state index >= 15 is 0 Å². The largest absolute Gasteiger partial charge is 0.478 e. The van der Waals surface area contributed by atoms with E-state index in [4.69, 9.17) is 5.11 Å². The fourth-order valence-corrected chi connectivity index (χ4v) is 1.21. The summed E-state index contributed by atoms with van der Waals surface area (Å²) in [5.74, 6) is -0.176. The van der Waals surface area contributed by atoms with Crippen molar-refractivity contribution in [2.24, 2.45) is 5.92 Å². The average Bonchev–Trinajstić information content (AvgIpc) is 2.36. The highest BCUT2D eigenvalue weighted by Gasteiger charge is 1.89. The van der Waals surface area contributed by atoms with Gasteiger partial charge in [0.15, 0.2) is 0 Å². The highest BCUT2D eigenvalue weighted by atomic mass is 16.4. The molecule has 0 amide bonds. The lowest BCUT2D eigenvalue weighted by Crippen LogP contribution is -1.83. The van der Waals surface area contributed by atoms with Gasteiger partial charge in [0.05, 0.1) is 0 Å². The molecule has 1 rings (SSSR count). The quantitative estimate of drug-likeness (QED) is 0.782. The predicted octanol–water partition coefficient (Wildman–Crippen LogP) is 4.39. The van der Waals surface area contributed by atoms with Crippen LogP contribution in [0.3, 0.4) is 0 Å². The molecule has 1 N–H and O–H groups in total. The monoisotopic (exact) mass is 246 g/mol. The second-order valence-electron chi connectivity index (χ2n) is 4.33. The van der Waals surface area contributed by atoms with E-state index in [-0.39, 0.29) is 0 Å². The third-order valence-corrected chi connectivity index (χ3v) is 2.20. The number of hydrogen-bond donors (Lipinski definition) is 1. The minimum Gasteiger partial charge on any atom is -0.478 e. The molecule has 0 atom stereocenters. The van der Waals surface area contributed by atoms with E-state index in [9.17, 15) is 4.79 Å². The molecule has 2 heteroatoms. The van der Waals surface area contributed by atoms with Gasteiger partial charge in [-0.25, -0.2) is 4.79 Å². The van der Waals surface area contributed by atoms with Gasteiger partial charge in [0.1, 0.15) is 0 Å². The van der Waals surface area contributed by atoms with Crippen molar-refractivity contribution in [1.29, 1.82) is 0 Å². The maximum Gasteiger partial charge on any atom is 0.327 e. The summed E-state index contributed by atoms with van der Waals surface area (Å²) >= 11 is 0. The molecule has 0 bridgehead atoms. The maximum atomic E-state index is 9.25. The summed E-state index contributed by atoms with van der Waals surface area (Å²) in [5.41, 5.74) is 1.30. The zero-order chi connectivity index (χ0) is 13.8. The first-order valence-corrected chi connectivity index (χ1v) is 6.13. The molecule has 0 spiro atoms. The molecule has 1 aromatic carbocycles. The van der Waals surface area contributed by atoms with Crippen molar-refractivity contribution in [2.45, 2.75) is 26.7 Å². The van der Waals surface area contributed by atoms with Gasteiger partial charge in [-0.15, -0.1) is 0 Å². The molecule has 0 saturated heterocycles. The first-order chi connectivity index (χ1) is 8.56. The Bertz CT molecular complexity index is 364.